The minimum Gasteiger partial charge on any atom is -0.311 e. The molecule has 1 heterocycles. The molecule has 1 N–H and O–H groups in total. The summed E-state index contributed by atoms with van der Waals surface area (Å²) >= 11 is 3.38. The van der Waals surface area contributed by atoms with Gasteiger partial charge in [0.05, 0.1) is 15.1 Å². The monoisotopic (exact) mass is 338 g/mol. The molecule has 0 aliphatic rings. The van der Waals surface area contributed by atoms with Crippen LogP contribution in [0, 0.1) is 17.0 Å². The summed E-state index contributed by atoms with van der Waals surface area (Å²) in [6.07, 6.45) is 1.73. The second-order valence-corrected chi connectivity index (χ2v) is 5.26. The molecule has 0 saturated heterocycles. The van der Waals surface area contributed by atoms with Crippen LogP contribution < -0.4 is 5.32 Å². The molecule has 0 spiro atoms. The van der Waals surface area contributed by atoms with Crippen LogP contribution >= 0.6 is 15.9 Å². The third-order valence-electron chi connectivity index (χ3n) is 2.81. The van der Waals surface area contributed by atoms with Gasteiger partial charge in [-0.2, -0.15) is 5.10 Å². The first-order valence-electron chi connectivity index (χ1n) is 6.23. The zero-order valence-electron chi connectivity index (χ0n) is 11.3. The Morgan fingerprint density at radius 2 is 2.25 bits per heavy atom. The van der Waals surface area contributed by atoms with E-state index >= 15 is 0 Å². The number of aryl methyl sites for hydroxylation is 1. The molecule has 0 saturated carbocycles. The van der Waals surface area contributed by atoms with Crippen molar-refractivity contribution in [3.05, 3.63) is 50.2 Å². The summed E-state index contributed by atoms with van der Waals surface area (Å²) in [5.41, 5.74) is 2.15. The van der Waals surface area contributed by atoms with Gasteiger partial charge in [-0.1, -0.05) is 6.92 Å². The van der Waals surface area contributed by atoms with Crippen LogP contribution in [0.3, 0.4) is 0 Å². The van der Waals surface area contributed by atoms with E-state index in [-0.39, 0.29) is 5.69 Å². The molecule has 0 aliphatic heterocycles. The maximum Gasteiger partial charge on any atom is 0.296 e. The third kappa shape index (κ3) is 3.05. The largest absolute Gasteiger partial charge is 0.311 e. The molecular weight excluding hydrogens is 324 g/mol. The number of nitro benzene ring substituents is 1. The van der Waals surface area contributed by atoms with Crippen molar-refractivity contribution in [2.45, 2.75) is 20.4 Å². The fourth-order valence-corrected chi connectivity index (χ4v) is 2.66. The number of benzene rings is 1. The van der Waals surface area contributed by atoms with E-state index in [0.717, 1.165) is 17.8 Å². The van der Waals surface area contributed by atoms with Crippen molar-refractivity contribution in [2.24, 2.45) is 0 Å². The van der Waals surface area contributed by atoms with Gasteiger partial charge in [0.2, 0.25) is 0 Å². The van der Waals surface area contributed by atoms with Crippen molar-refractivity contribution in [1.29, 1.82) is 0 Å². The first-order chi connectivity index (χ1) is 9.52. The first kappa shape index (κ1) is 14.7. The first-order valence-corrected chi connectivity index (χ1v) is 7.02. The van der Waals surface area contributed by atoms with Gasteiger partial charge in [-0.15, -0.1) is 0 Å². The zero-order chi connectivity index (χ0) is 14.7. The van der Waals surface area contributed by atoms with Crippen molar-refractivity contribution in [3.8, 4) is 5.69 Å². The SMILES string of the molecule is CCNCc1ccn(-c2c(Br)cc(C)cc2[N+](=O)[O-])n1. The Bertz CT molecular complexity index is 639. The zero-order valence-corrected chi connectivity index (χ0v) is 12.8. The normalized spacial score (nSPS) is 10.8. The number of nitrogens with one attached hydrogen (secondary N) is 1. The molecule has 0 bridgehead atoms. The number of hydrogen-bond acceptors (Lipinski definition) is 4. The predicted molar refractivity (Wildman–Crippen MR) is 80.0 cm³/mol. The molecule has 0 amide bonds. The van der Waals surface area contributed by atoms with Gasteiger partial charge in [0, 0.05) is 18.8 Å². The topological polar surface area (TPSA) is 73.0 Å². The maximum absolute atomic E-state index is 11.2. The average Bonchev–Trinajstić information content (AvgIpc) is 2.83. The molecule has 7 heteroatoms. The standard InChI is InChI=1S/C13H15BrN4O2/c1-3-15-8-10-4-5-17(16-10)13-11(14)6-9(2)7-12(13)18(19)20/h4-7,15H,3,8H2,1-2H3. The lowest BCUT2D eigenvalue weighted by molar-refractivity contribution is -0.384. The minimum absolute atomic E-state index is 0.0370. The fraction of sp³-hybridized carbons (Fsp3) is 0.308. The van der Waals surface area contributed by atoms with Gasteiger partial charge in [-0.05, 0) is 47.1 Å². The van der Waals surface area contributed by atoms with E-state index in [4.69, 9.17) is 0 Å². The van der Waals surface area contributed by atoms with Crippen LogP contribution in [0.1, 0.15) is 18.2 Å². The van der Waals surface area contributed by atoms with Gasteiger partial charge >= 0.3 is 0 Å². The number of rotatable bonds is 5. The lowest BCUT2D eigenvalue weighted by atomic mass is 10.2. The minimum atomic E-state index is -0.390. The van der Waals surface area contributed by atoms with E-state index in [1.54, 1.807) is 12.3 Å². The van der Waals surface area contributed by atoms with E-state index in [0.29, 0.717) is 16.7 Å². The van der Waals surface area contributed by atoms with E-state index < -0.39 is 4.92 Å². The van der Waals surface area contributed by atoms with Gasteiger partial charge in [0.1, 0.15) is 0 Å². The summed E-state index contributed by atoms with van der Waals surface area (Å²) < 4.78 is 2.19. The van der Waals surface area contributed by atoms with E-state index in [2.05, 4.69) is 26.3 Å². The lowest BCUT2D eigenvalue weighted by Gasteiger charge is -2.07. The number of aromatic nitrogens is 2. The molecule has 0 fully saturated rings. The Kier molecular flexibility index (Phi) is 4.51. The second-order valence-electron chi connectivity index (χ2n) is 4.40. The lowest BCUT2D eigenvalue weighted by Crippen LogP contribution is -2.12. The Balaban J connectivity index is 2.46. The third-order valence-corrected chi connectivity index (χ3v) is 3.42. The van der Waals surface area contributed by atoms with Gasteiger partial charge in [0.25, 0.3) is 5.69 Å². The van der Waals surface area contributed by atoms with Crippen LogP contribution in [0.5, 0.6) is 0 Å². The molecule has 20 heavy (non-hydrogen) atoms. The molecule has 106 valence electrons. The molecule has 1 aromatic heterocycles. The van der Waals surface area contributed by atoms with Crippen LogP contribution in [-0.4, -0.2) is 21.2 Å². The van der Waals surface area contributed by atoms with Crippen LogP contribution in [-0.2, 0) is 6.54 Å². The average molecular weight is 339 g/mol. The number of nitro groups is 1. The highest BCUT2D eigenvalue weighted by Gasteiger charge is 2.20. The van der Waals surface area contributed by atoms with Gasteiger partial charge in [0.15, 0.2) is 5.69 Å². The Hall–Kier alpha value is -1.73. The predicted octanol–water partition coefficient (Wildman–Crippen LogP) is 2.96. The van der Waals surface area contributed by atoms with Gasteiger partial charge < -0.3 is 5.32 Å². The van der Waals surface area contributed by atoms with Crippen molar-refractivity contribution >= 4 is 21.6 Å². The van der Waals surface area contributed by atoms with Gasteiger partial charge in [-0.3, -0.25) is 10.1 Å². The maximum atomic E-state index is 11.2. The molecule has 0 radical (unpaired) electrons. The summed E-state index contributed by atoms with van der Waals surface area (Å²) in [5.74, 6) is 0. The molecular formula is C13H15BrN4O2. The van der Waals surface area contributed by atoms with E-state index in [1.165, 1.54) is 4.68 Å². The summed E-state index contributed by atoms with van der Waals surface area (Å²) in [6, 6.07) is 5.23. The summed E-state index contributed by atoms with van der Waals surface area (Å²) in [5, 5.41) is 18.7. The number of nitrogens with zero attached hydrogens (tertiary/aromatic N) is 3. The van der Waals surface area contributed by atoms with E-state index in [1.807, 2.05) is 26.0 Å². The van der Waals surface area contributed by atoms with E-state index in [9.17, 15) is 10.1 Å². The van der Waals surface area contributed by atoms with Crippen LogP contribution in [0.15, 0.2) is 28.9 Å². The summed E-state index contributed by atoms with van der Waals surface area (Å²) in [7, 11) is 0. The Labute approximate surface area is 125 Å². The molecule has 0 unspecified atom stereocenters. The Morgan fingerprint density at radius 1 is 1.50 bits per heavy atom. The molecule has 2 rings (SSSR count). The molecule has 0 atom stereocenters. The highest BCUT2D eigenvalue weighted by molar-refractivity contribution is 9.10. The van der Waals surface area contributed by atoms with Crippen molar-refractivity contribution in [3.63, 3.8) is 0 Å². The molecule has 6 nitrogen and oxygen atoms in total. The van der Waals surface area contributed by atoms with Crippen molar-refractivity contribution in [2.75, 3.05) is 6.54 Å². The van der Waals surface area contributed by atoms with Crippen LogP contribution in [0.25, 0.3) is 5.69 Å². The number of halogens is 1. The molecule has 2 aromatic rings. The quantitative estimate of drug-likeness (QED) is 0.671. The fourth-order valence-electron chi connectivity index (χ4n) is 1.92. The van der Waals surface area contributed by atoms with Gasteiger partial charge in [-0.25, -0.2) is 4.68 Å². The number of hydrogen-bond donors (Lipinski definition) is 1. The Morgan fingerprint density at radius 3 is 2.90 bits per heavy atom. The van der Waals surface area contributed by atoms with Crippen LogP contribution in [0.4, 0.5) is 5.69 Å². The smallest absolute Gasteiger partial charge is 0.296 e. The van der Waals surface area contributed by atoms with Crippen molar-refractivity contribution in [1.82, 2.24) is 15.1 Å². The van der Waals surface area contributed by atoms with Crippen LogP contribution in [0.2, 0.25) is 0 Å². The van der Waals surface area contributed by atoms with Crippen molar-refractivity contribution < 1.29 is 4.92 Å². The summed E-state index contributed by atoms with van der Waals surface area (Å²) in [4.78, 5) is 10.8. The molecule has 1 aromatic carbocycles. The summed E-state index contributed by atoms with van der Waals surface area (Å²) in [6.45, 7) is 5.32. The molecule has 0 aliphatic carbocycles. The highest BCUT2D eigenvalue weighted by atomic mass is 79.9. The second kappa shape index (κ2) is 6.15. The highest BCUT2D eigenvalue weighted by Crippen LogP contribution is 2.31.